The van der Waals surface area contributed by atoms with Gasteiger partial charge in [-0.15, -0.1) is 0 Å². The molecule has 1 nitrogen and oxygen atoms in total. The topological polar surface area (TPSA) is 12.0 Å². The number of aryl methyl sites for hydroxylation is 1. The quantitative estimate of drug-likeness (QED) is 0.786. The summed E-state index contributed by atoms with van der Waals surface area (Å²) in [6.45, 7) is 2.03. The van der Waals surface area contributed by atoms with Crippen LogP contribution < -0.4 is 5.32 Å². The molecule has 1 aromatic carbocycles. The number of rotatable bonds is 2. The van der Waals surface area contributed by atoms with Gasteiger partial charge in [-0.1, -0.05) is 38.2 Å². The van der Waals surface area contributed by atoms with Crippen molar-refractivity contribution in [1.82, 2.24) is 0 Å². The summed E-state index contributed by atoms with van der Waals surface area (Å²) in [5.74, 6) is -0.149. The van der Waals surface area contributed by atoms with Crippen LogP contribution >= 0.6 is 0 Å². The van der Waals surface area contributed by atoms with E-state index in [1.165, 1.54) is 51.0 Å². The minimum absolute atomic E-state index is 0.149. The highest BCUT2D eigenvalue weighted by molar-refractivity contribution is 5.51. The van der Waals surface area contributed by atoms with Gasteiger partial charge in [-0.2, -0.15) is 0 Å². The predicted octanol–water partition coefficient (Wildman–Crippen LogP) is 4.66. The lowest BCUT2D eigenvalue weighted by Gasteiger charge is -2.23. The van der Waals surface area contributed by atoms with Gasteiger partial charge in [0.15, 0.2) is 0 Å². The van der Waals surface area contributed by atoms with E-state index in [2.05, 4.69) is 5.32 Å². The number of halogens is 1. The Labute approximate surface area is 103 Å². The van der Waals surface area contributed by atoms with Crippen molar-refractivity contribution in [3.63, 3.8) is 0 Å². The second-order valence-electron chi connectivity index (χ2n) is 5.15. The third kappa shape index (κ3) is 3.72. The molecule has 0 aliphatic heterocycles. The number of anilines is 1. The molecular formula is C15H22FN. The number of nitrogens with one attached hydrogen (secondary N) is 1. The lowest BCUT2D eigenvalue weighted by atomic mass is 9.96. The maximum atomic E-state index is 13.2. The van der Waals surface area contributed by atoms with Crippen LogP contribution in [0.1, 0.15) is 50.5 Å². The van der Waals surface area contributed by atoms with Crippen LogP contribution in [0.5, 0.6) is 0 Å². The summed E-state index contributed by atoms with van der Waals surface area (Å²) < 4.78 is 13.2. The van der Waals surface area contributed by atoms with Crippen LogP contribution in [0.2, 0.25) is 0 Å². The Bertz CT molecular complexity index is 354. The molecule has 0 heterocycles. The van der Waals surface area contributed by atoms with Gasteiger partial charge in [-0.05, 0) is 37.5 Å². The van der Waals surface area contributed by atoms with Crippen molar-refractivity contribution >= 4 is 5.69 Å². The Kier molecular flexibility index (Phi) is 4.41. The molecule has 1 saturated carbocycles. The van der Waals surface area contributed by atoms with Gasteiger partial charge >= 0.3 is 0 Å². The fraction of sp³-hybridized carbons (Fsp3) is 0.600. The van der Waals surface area contributed by atoms with E-state index in [1.807, 2.05) is 13.0 Å². The third-order valence-electron chi connectivity index (χ3n) is 3.66. The monoisotopic (exact) mass is 235 g/mol. The normalized spacial score (nSPS) is 18.5. The van der Waals surface area contributed by atoms with Gasteiger partial charge in [0.05, 0.1) is 0 Å². The summed E-state index contributed by atoms with van der Waals surface area (Å²) in [4.78, 5) is 0. The molecule has 2 heteroatoms. The zero-order valence-corrected chi connectivity index (χ0v) is 10.6. The van der Waals surface area contributed by atoms with Gasteiger partial charge in [0, 0.05) is 11.7 Å². The van der Waals surface area contributed by atoms with Crippen LogP contribution in [0.4, 0.5) is 10.1 Å². The van der Waals surface area contributed by atoms with Crippen LogP contribution in [-0.2, 0) is 0 Å². The van der Waals surface area contributed by atoms with Gasteiger partial charge in [-0.3, -0.25) is 0 Å². The molecule has 0 saturated heterocycles. The number of hydrogen-bond donors (Lipinski definition) is 1. The molecule has 0 spiro atoms. The van der Waals surface area contributed by atoms with Crippen molar-refractivity contribution in [2.75, 3.05) is 5.32 Å². The van der Waals surface area contributed by atoms with Crippen LogP contribution in [0.25, 0.3) is 0 Å². The molecule has 94 valence electrons. The Morgan fingerprint density at radius 3 is 2.41 bits per heavy atom. The van der Waals surface area contributed by atoms with Gasteiger partial charge in [-0.25, -0.2) is 4.39 Å². The van der Waals surface area contributed by atoms with E-state index >= 15 is 0 Å². The van der Waals surface area contributed by atoms with Crippen molar-refractivity contribution < 1.29 is 4.39 Å². The van der Waals surface area contributed by atoms with Crippen LogP contribution in [0.15, 0.2) is 18.2 Å². The molecule has 1 fully saturated rings. The molecule has 0 aromatic heterocycles. The van der Waals surface area contributed by atoms with Gasteiger partial charge in [0.25, 0.3) is 0 Å². The Balaban J connectivity index is 2.00. The average molecular weight is 235 g/mol. The second-order valence-corrected chi connectivity index (χ2v) is 5.15. The molecule has 1 aliphatic rings. The maximum absolute atomic E-state index is 13.2. The summed E-state index contributed by atoms with van der Waals surface area (Å²) in [6.07, 6.45) is 9.11. The van der Waals surface area contributed by atoms with Crippen LogP contribution in [-0.4, -0.2) is 6.04 Å². The van der Waals surface area contributed by atoms with E-state index < -0.39 is 0 Å². The smallest absolute Gasteiger partial charge is 0.125 e. The number of benzene rings is 1. The number of hydrogen-bond acceptors (Lipinski definition) is 1. The SMILES string of the molecule is Cc1ccc(F)cc1NC1CCCCCCC1. The van der Waals surface area contributed by atoms with E-state index in [4.69, 9.17) is 0 Å². The lowest BCUT2D eigenvalue weighted by Crippen LogP contribution is -2.21. The second kappa shape index (κ2) is 6.04. The highest BCUT2D eigenvalue weighted by Gasteiger charge is 2.12. The largest absolute Gasteiger partial charge is 0.382 e. The molecule has 0 atom stereocenters. The fourth-order valence-electron chi connectivity index (χ4n) is 2.57. The van der Waals surface area contributed by atoms with Crippen molar-refractivity contribution in [1.29, 1.82) is 0 Å². The van der Waals surface area contributed by atoms with Gasteiger partial charge in [0.2, 0.25) is 0 Å². The summed E-state index contributed by atoms with van der Waals surface area (Å²) in [5, 5.41) is 3.52. The fourth-order valence-corrected chi connectivity index (χ4v) is 2.57. The Morgan fingerprint density at radius 2 is 1.71 bits per heavy atom. The molecule has 0 amide bonds. The summed E-state index contributed by atoms with van der Waals surface area (Å²) in [6, 6.07) is 5.52. The average Bonchev–Trinajstić information content (AvgIpc) is 2.27. The molecule has 1 aliphatic carbocycles. The Hall–Kier alpha value is -1.05. The third-order valence-corrected chi connectivity index (χ3v) is 3.66. The summed E-state index contributed by atoms with van der Waals surface area (Å²) in [7, 11) is 0. The van der Waals surface area contributed by atoms with Crippen molar-refractivity contribution in [2.45, 2.75) is 57.9 Å². The molecule has 0 unspecified atom stereocenters. The van der Waals surface area contributed by atoms with E-state index in [-0.39, 0.29) is 5.82 Å². The first kappa shape index (κ1) is 12.4. The molecule has 2 rings (SSSR count). The van der Waals surface area contributed by atoms with Gasteiger partial charge < -0.3 is 5.32 Å². The van der Waals surface area contributed by atoms with E-state index in [1.54, 1.807) is 6.07 Å². The molecular weight excluding hydrogens is 213 g/mol. The highest BCUT2D eigenvalue weighted by Crippen LogP contribution is 2.23. The highest BCUT2D eigenvalue weighted by atomic mass is 19.1. The first-order valence-electron chi connectivity index (χ1n) is 6.78. The minimum atomic E-state index is -0.149. The summed E-state index contributed by atoms with van der Waals surface area (Å²) in [5.41, 5.74) is 2.10. The minimum Gasteiger partial charge on any atom is -0.382 e. The van der Waals surface area contributed by atoms with E-state index in [0.29, 0.717) is 6.04 Å². The molecule has 17 heavy (non-hydrogen) atoms. The van der Waals surface area contributed by atoms with Gasteiger partial charge in [0.1, 0.15) is 5.82 Å². The zero-order chi connectivity index (χ0) is 12.1. The molecule has 1 aromatic rings. The first-order valence-corrected chi connectivity index (χ1v) is 6.78. The van der Waals surface area contributed by atoms with E-state index in [0.717, 1.165) is 11.3 Å². The zero-order valence-electron chi connectivity index (χ0n) is 10.6. The predicted molar refractivity (Wildman–Crippen MR) is 70.9 cm³/mol. The maximum Gasteiger partial charge on any atom is 0.125 e. The molecule has 0 radical (unpaired) electrons. The first-order chi connectivity index (χ1) is 8.25. The standard InChI is InChI=1S/C15H22FN/c1-12-9-10-13(16)11-15(12)17-14-7-5-3-2-4-6-8-14/h9-11,14,17H,2-8H2,1H3. The van der Waals surface area contributed by atoms with Crippen LogP contribution in [0, 0.1) is 12.7 Å². The lowest BCUT2D eigenvalue weighted by molar-refractivity contribution is 0.471. The van der Waals surface area contributed by atoms with Crippen molar-refractivity contribution in [3.8, 4) is 0 Å². The molecule has 0 bridgehead atoms. The van der Waals surface area contributed by atoms with Crippen molar-refractivity contribution in [2.24, 2.45) is 0 Å². The Morgan fingerprint density at radius 1 is 1.06 bits per heavy atom. The summed E-state index contributed by atoms with van der Waals surface area (Å²) >= 11 is 0. The van der Waals surface area contributed by atoms with E-state index in [9.17, 15) is 4.39 Å². The van der Waals surface area contributed by atoms with Crippen LogP contribution in [0.3, 0.4) is 0 Å². The molecule has 1 N–H and O–H groups in total. The van der Waals surface area contributed by atoms with Crippen molar-refractivity contribution in [3.05, 3.63) is 29.6 Å².